The van der Waals surface area contributed by atoms with E-state index in [1.807, 2.05) is 6.92 Å². The standard InChI is InChI=1S/C19H14ClF3N2OS/c1-11-7-8-12(9-16(11)20)25-18(27-2)14(10-24)17(26)13-5-3-4-6-15(13)19(21,22)23/h3-9,25H,1-2H3. The Morgan fingerprint density at radius 2 is 1.89 bits per heavy atom. The molecule has 2 aromatic carbocycles. The van der Waals surface area contributed by atoms with Crippen LogP contribution in [0.3, 0.4) is 0 Å². The zero-order chi connectivity index (χ0) is 20.2. The van der Waals surface area contributed by atoms with Gasteiger partial charge in [-0.2, -0.15) is 18.4 Å². The number of aryl methyl sites for hydroxylation is 1. The van der Waals surface area contributed by atoms with Gasteiger partial charge in [0.1, 0.15) is 11.6 Å². The number of thioether (sulfide) groups is 1. The predicted molar refractivity (Wildman–Crippen MR) is 102 cm³/mol. The van der Waals surface area contributed by atoms with Gasteiger partial charge in [0.2, 0.25) is 5.78 Å². The van der Waals surface area contributed by atoms with Crippen molar-refractivity contribution in [3.05, 3.63) is 74.8 Å². The third-order valence-electron chi connectivity index (χ3n) is 3.68. The van der Waals surface area contributed by atoms with Crippen LogP contribution in [0.5, 0.6) is 0 Å². The summed E-state index contributed by atoms with van der Waals surface area (Å²) in [5.74, 6) is -1.000. The highest BCUT2D eigenvalue weighted by molar-refractivity contribution is 8.02. The first-order valence-corrected chi connectivity index (χ1v) is 9.21. The minimum Gasteiger partial charge on any atom is -0.349 e. The molecule has 0 spiro atoms. The topological polar surface area (TPSA) is 52.9 Å². The van der Waals surface area contributed by atoms with Gasteiger partial charge in [-0.15, -0.1) is 11.8 Å². The molecule has 0 saturated heterocycles. The Bertz CT molecular complexity index is 949. The third-order valence-corrected chi connectivity index (χ3v) is 4.80. The SMILES string of the molecule is CSC(Nc1ccc(C)c(Cl)c1)=C(C#N)C(=O)c1ccccc1C(F)(F)F. The number of hydrogen-bond acceptors (Lipinski definition) is 4. The van der Waals surface area contributed by atoms with Crippen molar-refractivity contribution in [3.63, 3.8) is 0 Å². The van der Waals surface area contributed by atoms with Crippen LogP contribution in [0.1, 0.15) is 21.5 Å². The number of carbonyl (C=O) groups is 1. The molecule has 8 heteroatoms. The number of carbonyl (C=O) groups excluding carboxylic acids is 1. The van der Waals surface area contributed by atoms with Gasteiger partial charge in [-0.25, -0.2) is 0 Å². The summed E-state index contributed by atoms with van der Waals surface area (Å²) in [6.07, 6.45) is -3.09. The molecule has 0 saturated carbocycles. The molecule has 0 unspecified atom stereocenters. The maximum absolute atomic E-state index is 13.2. The van der Waals surface area contributed by atoms with Crippen molar-refractivity contribution in [1.82, 2.24) is 0 Å². The van der Waals surface area contributed by atoms with E-state index < -0.39 is 28.7 Å². The normalized spacial score (nSPS) is 12.2. The molecule has 0 amide bonds. The molecule has 2 rings (SSSR count). The zero-order valence-corrected chi connectivity index (χ0v) is 15.9. The molecule has 0 heterocycles. The Morgan fingerprint density at radius 1 is 1.22 bits per heavy atom. The van der Waals surface area contributed by atoms with Crippen LogP contribution in [0, 0.1) is 18.3 Å². The largest absolute Gasteiger partial charge is 0.417 e. The van der Waals surface area contributed by atoms with E-state index in [1.54, 1.807) is 30.5 Å². The summed E-state index contributed by atoms with van der Waals surface area (Å²) < 4.78 is 39.6. The van der Waals surface area contributed by atoms with Crippen molar-refractivity contribution < 1.29 is 18.0 Å². The summed E-state index contributed by atoms with van der Waals surface area (Å²) in [5.41, 5.74) is -0.707. The minimum atomic E-state index is -4.70. The van der Waals surface area contributed by atoms with E-state index in [0.717, 1.165) is 29.5 Å². The number of Topliss-reactive ketones (excluding diaryl/α,β-unsaturated/α-hetero) is 1. The molecule has 140 valence electrons. The molecule has 1 N–H and O–H groups in total. The molecule has 0 atom stereocenters. The summed E-state index contributed by atoms with van der Waals surface area (Å²) >= 11 is 7.11. The van der Waals surface area contributed by atoms with Crippen molar-refractivity contribution >= 4 is 34.8 Å². The van der Waals surface area contributed by atoms with Gasteiger partial charge in [0.05, 0.1) is 10.6 Å². The quantitative estimate of drug-likeness (QED) is 0.370. The van der Waals surface area contributed by atoms with E-state index in [0.29, 0.717) is 10.7 Å². The summed E-state index contributed by atoms with van der Waals surface area (Å²) in [6, 6.07) is 11.2. The lowest BCUT2D eigenvalue weighted by atomic mass is 9.99. The van der Waals surface area contributed by atoms with Crippen molar-refractivity contribution in [3.8, 4) is 6.07 Å². The Hall–Kier alpha value is -2.43. The van der Waals surface area contributed by atoms with Gasteiger partial charge >= 0.3 is 6.18 Å². The zero-order valence-electron chi connectivity index (χ0n) is 14.3. The summed E-state index contributed by atoms with van der Waals surface area (Å²) in [5, 5.41) is 12.9. The molecule has 3 nitrogen and oxygen atoms in total. The van der Waals surface area contributed by atoms with Gasteiger partial charge in [-0.05, 0) is 36.9 Å². The van der Waals surface area contributed by atoms with Crippen LogP contribution in [-0.2, 0) is 6.18 Å². The van der Waals surface area contributed by atoms with E-state index >= 15 is 0 Å². The molecule has 0 aliphatic rings. The number of hydrogen-bond donors (Lipinski definition) is 1. The molecule has 27 heavy (non-hydrogen) atoms. The number of nitrogens with zero attached hydrogens (tertiary/aromatic N) is 1. The van der Waals surface area contributed by atoms with Gasteiger partial charge in [0.15, 0.2) is 0 Å². The lowest BCUT2D eigenvalue weighted by Gasteiger charge is -2.14. The molecule has 0 aliphatic heterocycles. The summed E-state index contributed by atoms with van der Waals surface area (Å²) in [6.45, 7) is 1.82. The van der Waals surface area contributed by atoms with Crippen molar-refractivity contribution in [2.24, 2.45) is 0 Å². The first-order chi connectivity index (χ1) is 12.7. The smallest absolute Gasteiger partial charge is 0.349 e. The third kappa shape index (κ3) is 4.85. The maximum atomic E-state index is 13.2. The monoisotopic (exact) mass is 410 g/mol. The lowest BCUT2D eigenvalue weighted by molar-refractivity contribution is -0.137. The number of nitrogens with one attached hydrogen (secondary N) is 1. The van der Waals surface area contributed by atoms with Gasteiger partial charge < -0.3 is 5.32 Å². The van der Waals surface area contributed by atoms with Gasteiger partial charge in [-0.3, -0.25) is 4.79 Å². The molecule has 0 bridgehead atoms. The first kappa shape index (κ1) is 20.9. The number of ketones is 1. The average molecular weight is 411 g/mol. The lowest BCUT2D eigenvalue weighted by Crippen LogP contribution is -2.16. The number of rotatable bonds is 5. The van der Waals surface area contributed by atoms with Crippen LogP contribution in [0.2, 0.25) is 5.02 Å². The van der Waals surface area contributed by atoms with E-state index in [1.165, 1.54) is 12.1 Å². The number of anilines is 1. The highest BCUT2D eigenvalue weighted by atomic mass is 35.5. The van der Waals surface area contributed by atoms with Crippen LogP contribution in [-0.4, -0.2) is 12.0 Å². The van der Waals surface area contributed by atoms with E-state index in [4.69, 9.17) is 11.6 Å². The van der Waals surface area contributed by atoms with Gasteiger partial charge in [0, 0.05) is 16.3 Å². The molecule has 0 fully saturated rings. The summed E-state index contributed by atoms with van der Waals surface area (Å²) in [7, 11) is 0. The van der Waals surface area contributed by atoms with Crippen molar-refractivity contribution in [2.75, 3.05) is 11.6 Å². The highest BCUT2D eigenvalue weighted by Crippen LogP contribution is 2.34. The van der Waals surface area contributed by atoms with Crippen LogP contribution in [0.4, 0.5) is 18.9 Å². The Balaban J connectivity index is 2.50. The minimum absolute atomic E-state index is 0.138. The second-order valence-corrected chi connectivity index (χ2v) is 6.71. The van der Waals surface area contributed by atoms with Crippen LogP contribution < -0.4 is 5.32 Å². The number of alkyl halides is 3. The molecular formula is C19H14ClF3N2OS. The Kier molecular flexibility index (Phi) is 6.58. The molecule has 2 aromatic rings. The number of benzene rings is 2. The maximum Gasteiger partial charge on any atom is 0.417 e. The van der Waals surface area contributed by atoms with Crippen LogP contribution in [0.15, 0.2) is 53.1 Å². The van der Waals surface area contributed by atoms with E-state index in [9.17, 15) is 23.2 Å². The number of nitriles is 1. The van der Waals surface area contributed by atoms with Gasteiger partial charge in [-0.1, -0.05) is 35.9 Å². The second-order valence-electron chi connectivity index (χ2n) is 5.48. The van der Waals surface area contributed by atoms with Gasteiger partial charge in [0.25, 0.3) is 0 Å². The van der Waals surface area contributed by atoms with Crippen LogP contribution >= 0.6 is 23.4 Å². The van der Waals surface area contributed by atoms with E-state index in [-0.39, 0.29) is 5.03 Å². The molecule has 0 radical (unpaired) electrons. The second kappa shape index (κ2) is 8.51. The fraction of sp³-hybridized carbons (Fsp3) is 0.158. The number of halogens is 4. The predicted octanol–water partition coefficient (Wildman–Crippen LogP) is 6.06. The van der Waals surface area contributed by atoms with Crippen molar-refractivity contribution in [2.45, 2.75) is 13.1 Å². The van der Waals surface area contributed by atoms with Crippen LogP contribution in [0.25, 0.3) is 0 Å². The summed E-state index contributed by atoms with van der Waals surface area (Å²) in [4.78, 5) is 12.7. The Labute approximate surface area is 163 Å². The number of allylic oxidation sites excluding steroid dienone is 1. The fourth-order valence-electron chi connectivity index (χ4n) is 2.28. The molecule has 0 aliphatic carbocycles. The molecular weight excluding hydrogens is 397 g/mol. The fourth-order valence-corrected chi connectivity index (χ4v) is 3.03. The van der Waals surface area contributed by atoms with E-state index in [2.05, 4.69) is 5.32 Å². The Morgan fingerprint density at radius 3 is 2.44 bits per heavy atom. The first-order valence-electron chi connectivity index (χ1n) is 7.61. The average Bonchev–Trinajstić information content (AvgIpc) is 2.63. The molecule has 0 aromatic heterocycles. The van der Waals surface area contributed by atoms with Crippen molar-refractivity contribution in [1.29, 1.82) is 5.26 Å². The highest BCUT2D eigenvalue weighted by Gasteiger charge is 2.35.